The molecule has 2 rings (SSSR count). The van der Waals surface area contributed by atoms with Crippen LogP contribution in [0.25, 0.3) is 0 Å². The summed E-state index contributed by atoms with van der Waals surface area (Å²) in [4.78, 5) is 1.61. The highest BCUT2D eigenvalue weighted by atomic mass is 16.5. The Labute approximate surface area is 115 Å². The topological polar surface area (TPSA) is 39.5 Å². The quantitative estimate of drug-likeness (QED) is 0.771. The highest BCUT2D eigenvalue weighted by Crippen LogP contribution is 2.33. The lowest BCUT2D eigenvalue weighted by molar-refractivity contribution is -0.945. The van der Waals surface area contributed by atoms with Crippen molar-refractivity contribution in [2.75, 3.05) is 33.9 Å². The van der Waals surface area contributed by atoms with Gasteiger partial charge in [-0.2, -0.15) is 0 Å². The largest absolute Gasteiger partial charge is 0.497 e. The van der Waals surface area contributed by atoms with E-state index in [0.717, 1.165) is 37.7 Å². The molecule has 1 aromatic rings. The number of ether oxygens (including phenoxy) is 2. The van der Waals surface area contributed by atoms with E-state index >= 15 is 0 Å². The van der Waals surface area contributed by atoms with Crippen molar-refractivity contribution >= 4 is 0 Å². The van der Waals surface area contributed by atoms with E-state index in [4.69, 9.17) is 9.47 Å². The molecule has 0 saturated heterocycles. The molecule has 0 fully saturated rings. The van der Waals surface area contributed by atoms with Crippen LogP contribution < -0.4 is 19.7 Å². The summed E-state index contributed by atoms with van der Waals surface area (Å²) in [7, 11) is 3.46. The number of hydrogen-bond donors (Lipinski definition) is 2. The number of fused-ring (bicyclic) bond motifs is 1. The van der Waals surface area contributed by atoms with Gasteiger partial charge in [-0.3, -0.25) is 0 Å². The summed E-state index contributed by atoms with van der Waals surface area (Å²) in [5.41, 5.74) is 2.73. The maximum Gasteiger partial charge on any atom is 0.167 e. The molecule has 4 heteroatoms. The number of rotatable bonds is 5. The van der Waals surface area contributed by atoms with Gasteiger partial charge >= 0.3 is 0 Å². The molecule has 3 N–H and O–H groups in total. The Bertz CT molecular complexity index is 413. The molecule has 0 aromatic heterocycles. The normalized spacial score (nSPS) is 18.3. The van der Waals surface area contributed by atoms with Gasteiger partial charge < -0.3 is 19.7 Å². The van der Waals surface area contributed by atoms with Crippen LogP contribution in [0.15, 0.2) is 12.1 Å². The van der Waals surface area contributed by atoms with Crippen LogP contribution in [0.2, 0.25) is 0 Å². The van der Waals surface area contributed by atoms with Crippen molar-refractivity contribution in [3.8, 4) is 11.5 Å². The van der Waals surface area contributed by atoms with Gasteiger partial charge in [0.2, 0.25) is 0 Å². The van der Waals surface area contributed by atoms with Crippen molar-refractivity contribution in [1.82, 2.24) is 0 Å². The molecule has 1 aromatic carbocycles. The molecule has 1 heterocycles. The summed E-state index contributed by atoms with van der Waals surface area (Å²) >= 11 is 0. The van der Waals surface area contributed by atoms with Crippen molar-refractivity contribution in [3.63, 3.8) is 0 Å². The van der Waals surface area contributed by atoms with Gasteiger partial charge in [0.25, 0.3) is 0 Å². The number of benzene rings is 1. The van der Waals surface area contributed by atoms with Crippen molar-refractivity contribution in [2.45, 2.75) is 26.4 Å². The number of nitrogens with one attached hydrogen (secondary N) is 1. The maximum atomic E-state index is 5.62. The Morgan fingerprint density at radius 3 is 2.53 bits per heavy atom. The molecule has 0 amide bonds. The molecule has 106 valence electrons. The zero-order valence-corrected chi connectivity index (χ0v) is 12.5. The van der Waals surface area contributed by atoms with Crippen LogP contribution in [-0.4, -0.2) is 33.9 Å². The fraction of sp³-hybridized carbons (Fsp3) is 0.600. The lowest BCUT2D eigenvalue weighted by Gasteiger charge is -2.31. The van der Waals surface area contributed by atoms with Crippen LogP contribution in [0.5, 0.6) is 11.5 Å². The van der Waals surface area contributed by atoms with E-state index in [1.54, 1.807) is 19.1 Å². The Morgan fingerprint density at radius 1 is 1.21 bits per heavy atom. The lowest BCUT2D eigenvalue weighted by Crippen LogP contribution is -3.14. The molecule has 0 unspecified atom stereocenters. The summed E-state index contributed by atoms with van der Waals surface area (Å²) in [6, 6.07) is 4.68. The summed E-state index contributed by atoms with van der Waals surface area (Å²) in [5, 5.41) is 2.39. The van der Waals surface area contributed by atoms with E-state index in [-0.39, 0.29) is 0 Å². The molecule has 1 aliphatic rings. The number of hydrogen-bond acceptors (Lipinski definition) is 2. The minimum absolute atomic E-state index is 0.514. The molecule has 0 aliphatic carbocycles. The fourth-order valence-corrected chi connectivity index (χ4v) is 3.14. The second-order valence-electron chi connectivity index (χ2n) is 5.05. The van der Waals surface area contributed by atoms with Gasteiger partial charge in [0.1, 0.15) is 24.6 Å². The van der Waals surface area contributed by atoms with Crippen LogP contribution in [0.4, 0.5) is 0 Å². The molecule has 0 saturated carbocycles. The Balaban J connectivity index is 2.47. The third-order valence-electron chi connectivity index (χ3n) is 4.17. The molecule has 0 radical (unpaired) electrons. The van der Waals surface area contributed by atoms with Gasteiger partial charge in [-0.05, 0) is 19.9 Å². The van der Waals surface area contributed by atoms with Gasteiger partial charge in [-0.15, -0.1) is 0 Å². The zero-order valence-electron chi connectivity index (χ0n) is 12.5. The van der Waals surface area contributed by atoms with Gasteiger partial charge in [0.15, 0.2) is 6.04 Å². The molecular weight excluding hydrogens is 240 g/mol. The summed E-state index contributed by atoms with van der Waals surface area (Å²) in [6.45, 7) is 8.94. The molecule has 0 bridgehead atoms. The minimum Gasteiger partial charge on any atom is -0.497 e. The Hall–Kier alpha value is -1.26. The second-order valence-corrected chi connectivity index (χ2v) is 5.05. The van der Waals surface area contributed by atoms with Crippen molar-refractivity contribution in [1.29, 1.82) is 0 Å². The van der Waals surface area contributed by atoms with Gasteiger partial charge in [-0.1, -0.05) is 0 Å². The first-order valence-electron chi connectivity index (χ1n) is 7.16. The fourth-order valence-electron chi connectivity index (χ4n) is 3.14. The SMILES string of the molecule is CC[NH+](CC)[C@H]1C[NH2+]Cc2cc(OC)cc(OC)c21. The predicted octanol–water partition coefficient (Wildman–Crippen LogP) is -0.253. The van der Waals surface area contributed by atoms with Crippen LogP contribution >= 0.6 is 0 Å². The second kappa shape index (κ2) is 6.26. The van der Waals surface area contributed by atoms with E-state index in [1.807, 2.05) is 6.07 Å². The van der Waals surface area contributed by atoms with E-state index < -0.39 is 0 Å². The van der Waals surface area contributed by atoms with E-state index in [1.165, 1.54) is 11.1 Å². The third kappa shape index (κ3) is 2.69. The van der Waals surface area contributed by atoms with Crippen molar-refractivity contribution in [2.24, 2.45) is 0 Å². The van der Waals surface area contributed by atoms with Gasteiger partial charge in [-0.25, -0.2) is 0 Å². The molecular formula is C15H26N2O2+2. The summed E-state index contributed by atoms with van der Waals surface area (Å²) in [6.07, 6.45) is 0. The number of methoxy groups -OCH3 is 2. The molecule has 0 spiro atoms. The molecule has 4 nitrogen and oxygen atoms in total. The average Bonchev–Trinajstić information content (AvgIpc) is 2.47. The lowest BCUT2D eigenvalue weighted by atomic mass is 9.94. The Kier molecular flexibility index (Phi) is 4.66. The summed E-state index contributed by atoms with van der Waals surface area (Å²) < 4.78 is 11.0. The molecule has 1 aliphatic heterocycles. The molecule has 19 heavy (non-hydrogen) atoms. The Morgan fingerprint density at radius 2 is 1.95 bits per heavy atom. The van der Waals surface area contributed by atoms with E-state index in [2.05, 4.69) is 25.2 Å². The van der Waals surface area contributed by atoms with E-state index in [0.29, 0.717) is 6.04 Å². The average molecular weight is 266 g/mol. The highest BCUT2D eigenvalue weighted by Gasteiger charge is 2.33. The number of likely N-dealkylation sites (N-methyl/N-ethyl adjacent to an activating group) is 1. The van der Waals surface area contributed by atoms with Crippen molar-refractivity contribution in [3.05, 3.63) is 23.3 Å². The first-order valence-corrected chi connectivity index (χ1v) is 7.16. The molecule has 1 atom stereocenters. The number of quaternary nitrogens is 2. The summed E-state index contributed by atoms with van der Waals surface area (Å²) in [5.74, 6) is 1.87. The smallest absolute Gasteiger partial charge is 0.167 e. The van der Waals surface area contributed by atoms with Crippen molar-refractivity contribution < 1.29 is 19.7 Å². The minimum atomic E-state index is 0.514. The monoisotopic (exact) mass is 266 g/mol. The third-order valence-corrected chi connectivity index (χ3v) is 4.17. The van der Waals surface area contributed by atoms with Crippen LogP contribution in [0.1, 0.15) is 31.0 Å². The predicted molar refractivity (Wildman–Crippen MR) is 74.8 cm³/mol. The standard InChI is InChI=1S/C15H24N2O2/c1-5-17(6-2)13-10-16-9-11-7-12(18-3)8-14(19-4)15(11)13/h7-8,13,16H,5-6,9-10H2,1-4H3/p+2/t13-/m0/s1. The first-order chi connectivity index (χ1) is 9.24. The van der Waals surface area contributed by atoms with Crippen LogP contribution in [0.3, 0.4) is 0 Å². The van der Waals surface area contributed by atoms with Gasteiger partial charge in [0, 0.05) is 11.6 Å². The first kappa shape index (κ1) is 14.2. The zero-order chi connectivity index (χ0) is 13.8. The highest BCUT2D eigenvalue weighted by molar-refractivity contribution is 5.48. The van der Waals surface area contributed by atoms with Crippen LogP contribution in [0, 0.1) is 0 Å². The van der Waals surface area contributed by atoms with Crippen LogP contribution in [-0.2, 0) is 6.54 Å². The number of nitrogens with two attached hydrogens (primary N) is 1. The van der Waals surface area contributed by atoms with E-state index in [9.17, 15) is 0 Å². The van der Waals surface area contributed by atoms with Gasteiger partial charge in [0.05, 0.1) is 32.9 Å². The maximum absolute atomic E-state index is 5.62.